The van der Waals surface area contributed by atoms with Crippen molar-refractivity contribution in [1.29, 1.82) is 0 Å². The number of hydrogen-bond donors (Lipinski definition) is 1. The van der Waals surface area contributed by atoms with E-state index in [9.17, 15) is 9.90 Å². The molecule has 1 aromatic heterocycles. The van der Waals surface area contributed by atoms with Gasteiger partial charge in [0.1, 0.15) is 5.60 Å². The molecule has 0 aromatic carbocycles. The maximum Gasteiger partial charge on any atom is 0.410 e. The van der Waals surface area contributed by atoms with E-state index in [1.54, 1.807) is 15.8 Å². The van der Waals surface area contributed by atoms with Crippen molar-refractivity contribution in [2.75, 3.05) is 13.1 Å². The molecule has 2 unspecified atom stereocenters. The second-order valence-corrected chi connectivity index (χ2v) is 6.91. The van der Waals surface area contributed by atoms with Crippen LogP contribution in [0.25, 0.3) is 0 Å². The Kier molecular flexibility index (Phi) is 4.11. The molecular formula is C13H20BrN3O3. The first-order valence-electron chi connectivity index (χ1n) is 6.52. The fraction of sp³-hybridized carbons (Fsp3) is 0.692. The lowest BCUT2D eigenvalue weighted by Gasteiger charge is -2.24. The number of ether oxygens (including phenoxy) is 1. The van der Waals surface area contributed by atoms with Gasteiger partial charge in [0.05, 0.1) is 29.0 Å². The molecule has 2 heterocycles. The summed E-state index contributed by atoms with van der Waals surface area (Å²) in [4.78, 5) is 13.6. The van der Waals surface area contributed by atoms with Crippen molar-refractivity contribution in [2.45, 2.75) is 38.4 Å². The molecule has 1 fully saturated rings. The summed E-state index contributed by atoms with van der Waals surface area (Å²) < 4.78 is 7.90. The molecule has 1 aromatic rings. The minimum Gasteiger partial charge on any atom is -0.444 e. The predicted octanol–water partition coefficient (Wildman–Crippen LogP) is 1.88. The molecule has 1 aliphatic rings. The lowest BCUT2D eigenvalue weighted by Crippen LogP contribution is -2.35. The van der Waals surface area contributed by atoms with Gasteiger partial charge in [0.15, 0.2) is 0 Å². The van der Waals surface area contributed by atoms with Crippen molar-refractivity contribution in [1.82, 2.24) is 14.7 Å². The number of aromatic nitrogens is 2. The van der Waals surface area contributed by atoms with Gasteiger partial charge < -0.3 is 14.7 Å². The summed E-state index contributed by atoms with van der Waals surface area (Å²) in [6.07, 6.45) is 0.685. The van der Waals surface area contributed by atoms with Gasteiger partial charge in [-0.25, -0.2) is 4.79 Å². The van der Waals surface area contributed by atoms with E-state index in [1.807, 2.05) is 27.8 Å². The zero-order chi connectivity index (χ0) is 15.1. The topological polar surface area (TPSA) is 67.6 Å². The number of likely N-dealkylation sites (tertiary alicyclic amines) is 1. The standard InChI is InChI=1S/C13H20BrN3O3/c1-13(2,3)20-12(19)17-6-8(10(18)7-17)11-9(14)5-15-16(11)4/h5,8,10,18H,6-7H2,1-4H3. The van der Waals surface area contributed by atoms with Crippen molar-refractivity contribution in [3.63, 3.8) is 0 Å². The molecule has 1 amide bonds. The highest BCUT2D eigenvalue weighted by Crippen LogP contribution is 2.32. The fourth-order valence-electron chi connectivity index (χ4n) is 2.37. The molecule has 1 aliphatic heterocycles. The lowest BCUT2D eigenvalue weighted by molar-refractivity contribution is 0.0270. The molecular weight excluding hydrogens is 326 g/mol. The van der Waals surface area contributed by atoms with Gasteiger partial charge in [0.2, 0.25) is 0 Å². The van der Waals surface area contributed by atoms with E-state index in [1.165, 1.54) is 0 Å². The third-order valence-corrected chi connectivity index (χ3v) is 3.84. The highest BCUT2D eigenvalue weighted by Gasteiger charge is 2.39. The van der Waals surface area contributed by atoms with Crippen LogP contribution in [0, 0.1) is 0 Å². The average molecular weight is 346 g/mol. The van der Waals surface area contributed by atoms with Crippen LogP contribution in [0.5, 0.6) is 0 Å². The van der Waals surface area contributed by atoms with Gasteiger partial charge >= 0.3 is 6.09 Å². The molecule has 2 atom stereocenters. The maximum absolute atomic E-state index is 12.0. The molecule has 0 aliphatic carbocycles. The number of rotatable bonds is 1. The zero-order valence-corrected chi connectivity index (χ0v) is 13.7. The summed E-state index contributed by atoms with van der Waals surface area (Å²) >= 11 is 3.43. The molecule has 7 heteroatoms. The summed E-state index contributed by atoms with van der Waals surface area (Å²) in [7, 11) is 1.82. The van der Waals surface area contributed by atoms with Gasteiger partial charge in [-0.15, -0.1) is 0 Å². The van der Waals surface area contributed by atoms with E-state index in [-0.39, 0.29) is 12.5 Å². The summed E-state index contributed by atoms with van der Waals surface area (Å²) in [6, 6.07) is 0. The van der Waals surface area contributed by atoms with Crippen molar-refractivity contribution in [3.05, 3.63) is 16.4 Å². The molecule has 0 saturated carbocycles. The molecule has 1 saturated heterocycles. The Morgan fingerprint density at radius 2 is 2.15 bits per heavy atom. The number of aliphatic hydroxyl groups excluding tert-OH is 1. The van der Waals surface area contributed by atoms with Crippen LogP contribution in [-0.4, -0.2) is 50.7 Å². The van der Waals surface area contributed by atoms with Crippen LogP contribution < -0.4 is 0 Å². The van der Waals surface area contributed by atoms with Crippen LogP contribution in [0.1, 0.15) is 32.4 Å². The number of aliphatic hydroxyl groups is 1. The van der Waals surface area contributed by atoms with Crippen LogP contribution in [0.3, 0.4) is 0 Å². The minimum absolute atomic E-state index is 0.163. The van der Waals surface area contributed by atoms with Crippen LogP contribution in [0.4, 0.5) is 4.79 Å². The van der Waals surface area contributed by atoms with E-state index >= 15 is 0 Å². The smallest absolute Gasteiger partial charge is 0.410 e. The first-order valence-corrected chi connectivity index (χ1v) is 7.31. The molecule has 2 rings (SSSR count). The number of β-amino-alcohol motifs (C(OH)–C–C–N with tert-alkyl or cyclic N) is 1. The monoisotopic (exact) mass is 345 g/mol. The molecule has 0 bridgehead atoms. The van der Waals surface area contributed by atoms with E-state index < -0.39 is 17.8 Å². The van der Waals surface area contributed by atoms with E-state index in [2.05, 4.69) is 21.0 Å². The van der Waals surface area contributed by atoms with Gasteiger partial charge in [0.25, 0.3) is 0 Å². The van der Waals surface area contributed by atoms with Crippen molar-refractivity contribution >= 4 is 22.0 Å². The Bertz CT molecular complexity index is 490. The summed E-state index contributed by atoms with van der Waals surface area (Å²) in [5.74, 6) is -0.163. The summed E-state index contributed by atoms with van der Waals surface area (Å²) in [6.45, 7) is 6.18. The maximum atomic E-state index is 12.0. The van der Waals surface area contributed by atoms with Crippen molar-refractivity contribution in [2.24, 2.45) is 7.05 Å². The minimum atomic E-state index is -0.616. The number of amides is 1. The Labute approximate surface area is 126 Å². The van der Waals surface area contributed by atoms with E-state index in [4.69, 9.17) is 4.74 Å². The number of hydrogen-bond acceptors (Lipinski definition) is 4. The number of nitrogens with zero attached hydrogens (tertiary/aromatic N) is 3. The third-order valence-electron chi connectivity index (χ3n) is 3.23. The number of halogens is 1. The van der Waals surface area contributed by atoms with Crippen LogP contribution in [-0.2, 0) is 11.8 Å². The molecule has 20 heavy (non-hydrogen) atoms. The highest BCUT2D eigenvalue weighted by molar-refractivity contribution is 9.10. The van der Waals surface area contributed by atoms with Gasteiger partial charge in [-0.1, -0.05) is 0 Å². The largest absolute Gasteiger partial charge is 0.444 e. The Balaban J connectivity index is 2.12. The molecule has 1 N–H and O–H groups in total. The van der Waals surface area contributed by atoms with E-state index in [0.29, 0.717) is 6.54 Å². The van der Waals surface area contributed by atoms with Gasteiger partial charge in [-0.05, 0) is 36.7 Å². The van der Waals surface area contributed by atoms with Gasteiger partial charge in [0, 0.05) is 19.5 Å². The van der Waals surface area contributed by atoms with E-state index in [0.717, 1.165) is 10.2 Å². The normalized spacial score (nSPS) is 23.2. The van der Waals surface area contributed by atoms with Gasteiger partial charge in [-0.2, -0.15) is 5.10 Å². The number of carbonyl (C=O) groups excluding carboxylic acids is 1. The quantitative estimate of drug-likeness (QED) is 0.843. The summed E-state index contributed by atoms with van der Waals surface area (Å²) in [5, 5.41) is 14.4. The molecule has 0 radical (unpaired) electrons. The Morgan fingerprint density at radius 3 is 2.65 bits per heavy atom. The third kappa shape index (κ3) is 3.15. The average Bonchev–Trinajstić information content (AvgIpc) is 2.81. The molecule has 0 spiro atoms. The van der Waals surface area contributed by atoms with Gasteiger partial charge in [-0.3, -0.25) is 4.68 Å². The fourth-order valence-corrected chi connectivity index (χ4v) is 3.01. The highest BCUT2D eigenvalue weighted by atomic mass is 79.9. The second kappa shape index (κ2) is 5.37. The number of carbonyl (C=O) groups is 1. The van der Waals surface area contributed by atoms with Crippen molar-refractivity contribution < 1.29 is 14.6 Å². The molecule has 112 valence electrons. The molecule has 6 nitrogen and oxygen atoms in total. The first-order chi connectivity index (χ1) is 9.19. The van der Waals surface area contributed by atoms with Crippen LogP contribution in [0.15, 0.2) is 10.7 Å². The Morgan fingerprint density at radius 1 is 1.50 bits per heavy atom. The second-order valence-electron chi connectivity index (χ2n) is 6.06. The Hall–Kier alpha value is -1.08. The summed E-state index contributed by atoms with van der Waals surface area (Å²) in [5.41, 5.74) is 0.358. The zero-order valence-electron chi connectivity index (χ0n) is 12.1. The van der Waals surface area contributed by atoms with Crippen LogP contribution in [0.2, 0.25) is 0 Å². The lowest BCUT2D eigenvalue weighted by atomic mass is 10.0. The SMILES string of the molecule is Cn1ncc(Br)c1C1CN(C(=O)OC(C)(C)C)CC1O. The first kappa shape index (κ1) is 15.3. The van der Waals surface area contributed by atoms with Crippen LogP contribution >= 0.6 is 15.9 Å². The predicted molar refractivity (Wildman–Crippen MR) is 77.5 cm³/mol. The van der Waals surface area contributed by atoms with Crippen molar-refractivity contribution in [3.8, 4) is 0 Å². The number of aryl methyl sites for hydroxylation is 1.